The van der Waals surface area contributed by atoms with Gasteiger partial charge in [0.2, 0.25) is 0 Å². The molecule has 9 heteroatoms. The van der Waals surface area contributed by atoms with E-state index in [0.29, 0.717) is 0 Å². The van der Waals surface area contributed by atoms with Gasteiger partial charge in [0.1, 0.15) is 5.75 Å². The van der Waals surface area contributed by atoms with Gasteiger partial charge in [0, 0.05) is 22.5 Å². The van der Waals surface area contributed by atoms with Crippen LogP contribution in [0.2, 0.25) is 0 Å². The second-order valence-corrected chi connectivity index (χ2v) is 4.35. The smallest absolute Gasteiger partial charge is 0.387 e. The van der Waals surface area contributed by atoms with Crippen molar-refractivity contribution in [2.24, 2.45) is 0 Å². The molecule has 0 spiro atoms. The average molecular weight is 368 g/mol. The van der Waals surface area contributed by atoms with Crippen molar-refractivity contribution in [3.05, 3.63) is 33.4 Å². The van der Waals surface area contributed by atoms with Crippen LogP contribution in [0.15, 0.2) is 12.1 Å². The molecule has 0 atom stereocenters. The fraction of sp³-hybridized carbons (Fsp3) is 0.417. The Bertz CT molecular complexity index is 539. The van der Waals surface area contributed by atoms with Crippen molar-refractivity contribution in [1.82, 2.24) is 0 Å². The summed E-state index contributed by atoms with van der Waals surface area (Å²) >= 11 is 3.06. The molecule has 0 fully saturated rings. The minimum Gasteiger partial charge on any atom is -0.466 e. The molecule has 0 aromatic heterocycles. The molecule has 1 rings (SSSR count). The summed E-state index contributed by atoms with van der Waals surface area (Å²) < 4.78 is 33.8. The van der Waals surface area contributed by atoms with Gasteiger partial charge >= 0.3 is 12.6 Å². The highest BCUT2D eigenvalue weighted by molar-refractivity contribution is 9.08. The lowest BCUT2D eigenvalue weighted by atomic mass is 10.0. The zero-order valence-electron chi connectivity index (χ0n) is 11.0. The van der Waals surface area contributed by atoms with Crippen molar-refractivity contribution in [2.45, 2.75) is 25.3 Å². The van der Waals surface area contributed by atoms with Gasteiger partial charge in [-0.15, -0.1) is 0 Å². The molecule has 0 unspecified atom stereocenters. The molecule has 0 aliphatic rings. The predicted molar refractivity (Wildman–Crippen MR) is 72.7 cm³/mol. The maximum absolute atomic E-state index is 12.4. The van der Waals surface area contributed by atoms with Crippen LogP contribution in [-0.4, -0.2) is 24.1 Å². The summed E-state index contributed by atoms with van der Waals surface area (Å²) in [6.45, 7) is -1.40. The van der Waals surface area contributed by atoms with E-state index < -0.39 is 23.9 Å². The van der Waals surface area contributed by atoms with Gasteiger partial charge in [0.25, 0.3) is 5.69 Å². The van der Waals surface area contributed by atoms with Crippen LogP contribution in [-0.2, 0) is 21.3 Å². The van der Waals surface area contributed by atoms with Gasteiger partial charge in [0.05, 0.1) is 18.0 Å². The van der Waals surface area contributed by atoms with Crippen molar-refractivity contribution in [1.29, 1.82) is 0 Å². The highest BCUT2D eigenvalue weighted by Gasteiger charge is 2.24. The van der Waals surface area contributed by atoms with Crippen LogP contribution in [0.25, 0.3) is 0 Å². The van der Waals surface area contributed by atoms with Gasteiger partial charge in [0.15, 0.2) is 0 Å². The fourth-order valence-electron chi connectivity index (χ4n) is 1.74. The van der Waals surface area contributed by atoms with E-state index in [1.54, 1.807) is 6.92 Å². The van der Waals surface area contributed by atoms with Crippen LogP contribution in [0, 0.1) is 10.1 Å². The monoisotopic (exact) mass is 367 g/mol. The topological polar surface area (TPSA) is 78.7 Å². The first-order chi connectivity index (χ1) is 9.90. The van der Waals surface area contributed by atoms with E-state index in [1.165, 1.54) is 0 Å². The summed E-state index contributed by atoms with van der Waals surface area (Å²) in [5, 5.41) is 11.0. The number of nitro groups is 1. The van der Waals surface area contributed by atoms with E-state index in [4.69, 9.17) is 4.74 Å². The molecule has 0 saturated carbocycles. The number of carbonyl (C=O) groups is 1. The lowest BCUT2D eigenvalue weighted by molar-refractivity contribution is -0.385. The molecule has 0 radical (unpaired) electrons. The number of esters is 1. The second kappa shape index (κ2) is 7.87. The molecule has 1 aromatic carbocycles. The van der Waals surface area contributed by atoms with Crippen molar-refractivity contribution in [3.63, 3.8) is 0 Å². The first-order valence-corrected chi connectivity index (χ1v) is 6.98. The first kappa shape index (κ1) is 17.3. The van der Waals surface area contributed by atoms with Crippen molar-refractivity contribution in [3.8, 4) is 5.75 Å². The third-order valence-electron chi connectivity index (χ3n) is 2.54. The second-order valence-electron chi connectivity index (χ2n) is 3.79. The quantitative estimate of drug-likeness (QED) is 0.320. The van der Waals surface area contributed by atoms with Crippen LogP contribution in [0.3, 0.4) is 0 Å². The number of alkyl halides is 3. The van der Waals surface area contributed by atoms with E-state index in [0.717, 1.165) is 12.1 Å². The number of benzene rings is 1. The molecule has 6 nitrogen and oxygen atoms in total. The highest BCUT2D eigenvalue weighted by atomic mass is 79.9. The highest BCUT2D eigenvalue weighted by Crippen LogP contribution is 2.33. The Labute approximate surface area is 127 Å². The lowest BCUT2D eigenvalue weighted by Gasteiger charge is -2.14. The molecular weight excluding hydrogens is 356 g/mol. The van der Waals surface area contributed by atoms with Gasteiger partial charge in [-0.25, -0.2) is 0 Å². The van der Waals surface area contributed by atoms with Crippen molar-refractivity contribution in [2.75, 3.05) is 6.61 Å². The molecule has 0 heterocycles. The Morgan fingerprint density at radius 2 is 2.10 bits per heavy atom. The molecule has 0 N–H and O–H groups in total. The van der Waals surface area contributed by atoms with Crippen LogP contribution < -0.4 is 4.74 Å². The number of hydrogen-bond donors (Lipinski definition) is 0. The number of carbonyl (C=O) groups excluding carboxylic acids is 1. The van der Waals surface area contributed by atoms with Crippen LogP contribution in [0.4, 0.5) is 14.5 Å². The summed E-state index contributed by atoms with van der Waals surface area (Å²) in [5.41, 5.74) is -0.168. The number of nitrogens with zero attached hydrogens (tertiary/aromatic N) is 1. The average Bonchev–Trinajstić information content (AvgIpc) is 2.39. The zero-order valence-corrected chi connectivity index (χ0v) is 12.6. The summed E-state index contributed by atoms with van der Waals surface area (Å²) in [4.78, 5) is 21.9. The third-order valence-corrected chi connectivity index (χ3v) is 3.10. The Hall–Kier alpha value is -1.77. The molecule has 116 valence electrons. The SMILES string of the molecule is CCOC(=O)Cc1c(OC(F)F)ccc([N+](=O)[O-])c1CBr. The van der Waals surface area contributed by atoms with E-state index in [2.05, 4.69) is 20.7 Å². The number of hydrogen-bond acceptors (Lipinski definition) is 5. The largest absolute Gasteiger partial charge is 0.466 e. The van der Waals surface area contributed by atoms with Gasteiger partial charge in [-0.05, 0) is 13.0 Å². The van der Waals surface area contributed by atoms with Gasteiger partial charge in [-0.2, -0.15) is 8.78 Å². The Balaban J connectivity index is 3.32. The summed E-state index contributed by atoms with van der Waals surface area (Å²) in [5.74, 6) is -0.961. The van der Waals surface area contributed by atoms with E-state index in [1.807, 2.05) is 0 Å². The first-order valence-electron chi connectivity index (χ1n) is 5.86. The molecule has 1 aromatic rings. The number of nitro benzene ring substituents is 1. The maximum Gasteiger partial charge on any atom is 0.387 e. The van der Waals surface area contributed by atoms with E-state index >= 15 is 0 Å². The van der Waals surface area contributed by atoms with Gasteiger partial charge < -0.3 is 9.47 Å². The van der Waals surface area contributed by atoms with Crippen LogP contribution in [0.5, 0.6) is 5.75 Å². The molecule has 0 aliphatic carbocycles. The Kier molecular flexibility index (Phi) is 6.47. The Morgan fingerprint density at radius 3 is 2.57 bits per heavy atom. The van der Waals surface area contributed by atoms with Gasteiger partial charge in [-0.3, -0.25) is 14.9 Å². The number of halogens is 3. The predicted octanol–water partition coefficient (Wildman–Crippen LogP) is 3.20. The normalized spacial score (nSPS) is 10.5. The van der Waals surface area contributed by atoms with E-state index in [-0.39, 0.29) is 34.5 Å². The Morgan fingerprint density at radius 1 is 1.43 bits per heavy atom. The molecule has 0 bridgehead atoms. The van der Waals surface area contributed by atoms with E-state index in [9.17, 15) is 23.7 Å². The van der Waals surface area contributed by atoms with Crippen molar-refractivity contribution < 1.29 is 28.0 Å². The summed E-state index contributed by atoms with van der Waals surface area (Å²) in [6, 6.07) is 2.11. The zero-order chi connectivity index (χ0) is 16.0. The standard InChI is InChI=1S/C12H12BrF2NO5/c1-2-20-11(17)5-7-8(6-13)9(16(18)19)3-4-10(7)21-12(14)15/h3-4,12H,2,5-6H2,1H3. The maximum atomic E-state index is 12.4. The van der Waals surface area contributed by atoms with Crippen LogP contribution >= 0.6 is 15.9 Å². The molecule has 21 heavy (non-hydrogen) atoms. The van der Waals surface area contributed by atoms with Gasteiger partial charge in [-0.1, -0.05) is 15.9 Å². The van der Waals surface area contributed by atoms with Crippen LogP contribution in [0.1, 0.15) is 18.1 Å². The van der Waals surface area contributed by atoms with Crippen molar-refractivity contribution >= 4 is 27.6 Å². The molecular formula is C12H12BrF2NO5. The minimum absolute atomic E-state index is 0.0124. The fourth-order valence-corrected chi connectivity index (χ4v) is 2.36. The summed E-state index contributed by atoms with van der Waals surface area (Å²) in [6.07, 6.45) is -0.390. The molecule has 0 aliphatic heterocycles. The number of rotatable bonds is 7. The molecule has 0 saturated heterocycles. The minimum atomic E-state index is -3.10. The lowest BCUT2D eigenvalue weighted by Crippen LogP contribution is -2.13. The summed E-state index contributed by atoms with van der Waals surface area (Å²) in [7, 11) is 0. The molecule has 0 amide bonds. The third kappa shape index (κ3) is 4.62. The number of ether oxygens (including phenoxy) is 2.